The van der Waals surface area contributed by atoms with Crippen LogP contribution in [0.5, 0.6) is 0 Å². The van der Waals surface area contributed by atoms with Gasteiger partial charge in [0.05, 0.1) is 5.39 Å². The number of pyridine rings is 3. The highest BCUT2D eigenvalue weighted by Crippen LogP contribution is 2.32. The van der Waals surface area contributed by atoms with E-state index in [1.54, 1.807) is 42.9 Å². The first-order valence-electron chi connectivity index (χ1n) is 10.0. The van der Waals surface area contributed by atoms with Crippen LogP contribution in [0.25, 0.3) is 56.0 Å². The summed E-state index contributed by atoms with van der Waals surface area (Å²) in [6.45, 7) is 2.03. The van der Waals surface area contributed by atoms with Gasteiger partial charge in [0.25, 0.3) is 0 Å². The highest BCUT2D eigenvalue weighted by Gasteiger charge is 2.18. The van der Waals surface area contributed by atoms with Crippen molar-refractivity contribution in [3.63, 3.8) is 0 Å². The first-order chi connectivity index (χ1) is 15.7. The van der Waals surface area contributed by atoms with E-state index >= 15 is 0 Å². The molecule has 0 unspecified atom stereocenters. The van der Waals surface area contributed by atoms with Crippen molar-refractivity contribution >= 4 is 22.2 Å². The number of benzene rings is 1. The van der Waals surface area contributed by atoms with Crippen LogP contribution < -0.4 is 0 Å². The molecule has 0 saturated heterocycles. The van der Waals surface area contributed by atoms with E-state index in [2.05, 4.69) is 30.1 Å². The zero-order valence-corrected chi connectivity index (χ0v) is 17.0. The van der Waals surface area contributed by atoms with E-state index in [9.17, 15) is 4.39 Å². The lowest BCUT2D eigenvalue weighted by molar-refractivity contribution is 0.631. The molecule has 32 heavy (non-hydrogen) atoms. The second-order valence-corrected chi connectivity index (χ2v) is 7.50. The van der Waals surface area contributed by atoms with E-state index in [-0.39, 0.29) is 5.82 Å². The van der Waals surface area contributed by atoms with Gasteiger partial charge in [0.15, 0.2) is 17.1 Å². The number of hydrogen-bond acceptors (Lipinski definition) is 5. The molecule has 154 valence electrons. The van der Waals surface area contributed by atoms with Crippen molar-refractivity contribution in [3.8, 4) is 33.8 Å². The van der Waals surface area contributed by atoms with Crippen molar-refractivity contribution in [2.24, 2.45) is 0 Å². The molecule has 0 aliphatic rings. The molecule has 8 heteroatoms. The van der Waals surface area contributed by atoms with Crippen LogP contribution in [0.2, 0.25) is 0 Å². The number of nitrogens with zero attached hydrogens (tertiary/aromatic N) is 5. The second kappa shape index (κ2) is 7.05. The number of H-pyrrole nitrogens is 2. The molecule has 0 spiro atoms. The molecule has 0 radical (unpaired) electrons. The zero-order valence-electron chi connectivity index (χ0n) is 17.0. The topological polar surface area (TPSA) is 96.0 Å². The minimum absolute atomic E-state index is 0.310. The number of halogens is 1. The van der Waals surface area contributed by atoms with Gasteiger partial charge in [0.1, 0.15) is 17.0 Å². The Bertz CT molecular complexity index is 1620. The SMILES string of the molecule is Cc1ccncc1-c1cnc2[nH]nc(-c3nc4c(-c5ccccc5F)ccnc4[nH]3)c2c1. The molecule has 0 aliphatic heterocycles. The number of aromatic nitrogens is 7. The summed E-state index contributed by atoms with van der Waals surface area (Å²) in [7, 11) is 0. The standard InChI is InChI=1S/C24H16FN7/c1-13-6-8-26-12-18(13)14-10-17-21(31-32-22(17)28-11-14)24-29-20-16(7-9-27-23(20)30-24)15-4-2-3-5-19(15)25/h2-12H,1H3,(H,27,29,30)(H,28,31,32). The summed E-state index contributed by atoms with van der Waals surface area (Å²) in [6.07, 6.45) is 7.02. The van der Waals surface area contributed by atoms with Gasteiger partial charge in [-0.3, -0.25) is 10.1 Å². The maximum absolute atomic E-state index is 14.4. The summed E-state index contributed by atoms with van der Waals surface area (Å²) in [5.41, 5.74) is 6.59. The summed E-state index contributed by atoms with van der Waals surface area (Å²) in [4.78, 5) is 21.1. The number of nitrogens with one attached hydrogen (secondary N) is 2. The first-order valence-corrected chi connectivity index (χ1v) is 10.0. The predicted molar refractivity (Wildman–Crippen MR) is 120 cm³/mol. The Hall–Kier alpha value is -4.46. The van der Waals surface area contributed by atoms with Crippen LogP contribution in [0, 0.1) is 12.7 Å². The van der Waals surface area contributed by atoms with Gasteiger partial charge in [0.2, 0.25) is 0 Å². The Balaban J connectivity index is 1.53. The van der Waals surface area contributed by atoms with Gasteiger partial charge in [0, 0.05) is 47.0 Å². The molecule has 7 nitrogen and oxygen atoms in total. The Morgan fingerprint density at radius 1 is 0.875 bits per heavy atom. The van der Waals surface area contributed by atoms with Gasteiger partial charge in [-0.05, 0) is 36.8 Å². The highest BCUT2D eigenvalue weighted by atomic mass is 19.1. The van der Waals surface area contributed by atoms with Crippen LogP contribution in [-0.4, -0.2) is 35.1 Å². The summed E-state index contributed by atoms with van der Waals surface area (Å²) in [5.74, 6) is 0.222. The zero-order chi connectivity index (χ0) is 21.7. The van der Waals surface area contributed by atoms with E-state index in [0.29, 0.717) is 39.5 Å². The lowest BCUT2D eigenvalue weighted by Crippen LogP contribution is -1.87. The number of aryl methyl sites for hydroxylation is 1. The van der Waals surface area contributed by atoms with Crippen LogP contribution in [0.15, 0.2) is 67.3 Å². The molecule has 1 aromatic carbocycles. The van der Waals surface area contributed by atoms with Crippen molar-refractivity contribution in [1.29, 1.82) is 0 Å². The number of imidazole rings is 1. The van der Waals surface area contributed by atoms with E-state index in [0.717, 1.165) is 22.1 Å². The summed E-state index contributed by atoms with van der Waals surface area (Å²) in [5, 5.41) is 8.22. The minimum atomic E-state index is -0.310. The van der Waals surface area contributed by atoms with Crippen LogP contribution in [0.3, 0.4) is 0 Å². The molecular formula is C24H16FN7. The normalized spacial score (nSPS) is 11.4. The fraction of sp³-hybridized carbons (Fsp3) is 0.0417. The molecule has 2 N–H and O–H groups in total. The fourth-order valence-corrected chi connectivity index (χ4v) is 3.92. The molecule has 0 aliphatic carbocycles. The maximum atomic E-state index is 14.4. The van der Waals surface area contributed by atoms with Crippen molar-refractivity contribution in [3.05, 3.63) is 78.6 Å². The van der Waals surface area contributed by atoms with Gasteiger partial charge in [-0.1, -0.05) is 18.2 Å². The molecule has 6 rings (SSSR count). The Labute approximate surface area is 181 Å². The summed E-state index contributed by atoms with van der Waals surface area (Å²) >= 11 is 0. The molecule has 6 aromatic rings. The summed E-state index contributed by atoms with van der Waals surface area (Å²) < 4.78 is 14.4. The molecule has 5 heterocycles. The van der Waals surface area contributed by atoms with Crippen LogP contribution in [0.4, 0.5) is 4.39 Å². The average Bonchev–Trinajstić information content (AvgIpc) is 3.43. The Morgan fingerprint density at radius 3 is 2.66 bits per heavy atom. The lowest BCUT2D eigenvalue weighted by atomic mass is 10.0. The highest BCUT2D eigenvalue weighted by molar-refractivity contribution is 5.96. The van der Waals surface area contributed by atoms with Crippen LogP contribution >= 0.6 is 0 Å². The van der Waals surface area contributed by atoms with Gasteiger partial charge in [-0.2, -0.15) is 5.10 Å². The number of hydrogen-bond donors (Lipinski definition) is 2. The van der Waals surface area contributed by atoms with E-state index < -0.39 is 0 Å². The average molecular weight is 421 g/mol. The smallest absolute Gasteiger partial charge is 0.161 e. The van der Waals surface area contributed by atoms with Crippen molar-refractivity contribution in [2.75, 3.05) is 0 Å². The van der Waals surface area contributed by atoms with Gasteiger partial charge in [-0.15, -0.1) is 0 Å². The van der Waals surface area contributed by atoms with Gasteiger partial charge >= 0.3 is 0 Å². The van der Waals surface area contributed by atoms with E-state index in [4.69, 9.17) is 4.98 Å². The number of rotatable bonds is 3. The Morgan fingerprint density at radius 2 is 1.78 bits per heavy atom. The quantitative estimate of drug-likeness (QED) is 0.416. The Kier molecular flexibility index (Phi) is 4.04. The first kappa shape index (κ1) is 18.3. The van der Waals surface area contributed by atoms with E-state index in [1.807, 2.05) is 25.3 Å². The number of aromatic amines is 2. The van der Waals surface area contributed by atoms with Gasteiger partial charge in [-0.25, -0.2) is 19.3 Å². The molecule has 0 bridgehead atoms. The second-order valence-electron chi connectivity index (χ2n) is 7.50. The largest absolute Gasteiger partial charge is 0.321 e. The monoisotopic (exact) mass is 421 g/mol. The molecule has 0 amide bonds. The third-order valence-electron chi connectivity index (χ3n) is 5.54. The van der Waals surface area contributed by atoms with Crippen LogP contribution in [-0.2, 0) is 0 Å². The van der Waals surface area contributed by atoms with E-state index in [1.165, 1.54) is 6.07 Å². The molecular weight excluding hydrogens is 405 g/mol. The van der Waals surface area contributed by atoms with Crippen molar-refractivity contribution in [1.82, 2.24) is 35.1 Å². The fourth-order valence-electron chi connectivity index (χ4n) is 3.92. The third-order valence-corrected chi connectivity index (χ3v) is 5.54. The molecule has 0 fully saturated rings. The maximum Gasteiger partial charge on any atom is 0.161 e. The minimum Gasteiger partial charge on any atom is -0.321 e. The number of fused-ring (bicyclic) bond motifs is 2. The third kappa shape index (κ3) is 2.84. The predicted octanol–water partition coefficient (Wildman–Crippen LogP) is 5.07. The van der Waals surface area contributed by atoms with Crippen molar-refractivity contribution < 1.29 is 4.39 Å². The van der Waals surface area contributed by atoms with Gasteiger partial charge < -0.3 is 4.98 Å². The lowest BCUT2D eigenvalue weighted by Gasteiger charge is -2.04. The summed E-state index contributed by atoms with van der Waals surface area (Å²) in [6, 6.07) is 12.4. The molecule has 5 aromatic heterocycles. The molecule has 0 saturated carbocycles. The molecule has 0 atom stereocenters. The van der Waals surface area contributed by atoms with Crippen molar-refractivity contribution in [2.45, 2.75) is 6.92 Å². The van der Waals surface area contributed by atoms with Crippen LogP contribution in [0.1, 0.15) is 5.56 Å².